The lowest BCUT2D eigenvalue weighted by atomic mass is 9.72. The summed E-state index contributed by atoms with van der Waals surface area (Å²) in [6, 6.07) is 0. The quantitative estimate of drug-likeness (QED) is 0.255. The maximum atomic E-state index is 13.6. The zero-order chi connectivity index (χ0) is 29.2. The van der Waals surface area contributed by atoms with Gasteiger partial charge in [-0.05, 0) is 52.9 Å². The minimum absolute atomic E-state index is 0.0905. The van der Waals surface area contributed by atoms with E-state index in [1.165, 1.54) is 0 Å². The summed E-state index contributed by atoms with van der Waals surface area (Å²) in [5.74, 6) is -6.38. The second-order valence-electron chi connectivity index (χ2n) is 12.9. The maximum Gasteiger partial charge on any atom is 0.425 e. The summed E-state index contributed by atoms with van der Waals surface area (Å²) in [6.07, 6.45) is -9.45. The first kappa shape index (κ1) is 27.3. The summed E-state index contributed by atoms with van der Waals surface area (Å²) in [5, 5.41) is 0. The van der Waals surface area contributed by atoms with Crippen LogP contribution in [0.15, 0.2) is 0 Å². The smallest absolute Gasteiger partial charge is 0.425 e. The van der Waals surface area contributed by atoms with Crippen LogP contribution in [-0.4, -0.2) is 66.5 Å². The van der Waals surface area contributed by atoms with Gasteiger partial charge in [-0.3, -0.25) is 24.0 Å². The monoisotopic (exact) mass is 572 g/mol. The molecular formula is C27H31F3O10. The highest BCUT2D eigenvalue weighted by molar-refractivity contribution is 6.04. The van der Waals surface area contributed by atoms with Crippen LogP contribution >= 0.6 is 0 Å². The molecule has 2 heterocycles. The van der Waals surface area contributed by atoms with Gasteiger partial charge in [0.05, 0.1) is 5.41 Å². The van der Waals surface area contributed by atoms with Crippen LogP contribution in [0.3, 0.4) is 0 Å². The molecule has 0 N–H and O–H groups in total. The normalized spacial score (nSPS) is 43.0. The summed E-state index contributed by atoms with van der Waals surface area (Å²) in [7, 11) is 0. The second kappa shape index (κ2) is 8.34. The predicted molar refractivity (Wildman–Crippen MR) is 122 cm³/mol. The lowest BCUT2D eigenvalue weighted by Crippen LogP contribution is -2.50. The van der Waals surface area contributed by atoms with E-state index in [1.807, 2.05) is 6.92 Å². The number of rotatable bonds is 7. The molecule has 40 heavy (non-hydrogen) atoms. The molecule has 11 atom stereocenters. The third-order valence-corrected chi connectivity index (χ3v) is 10.5. The molecule has 0 aromatic carbocycles. The summed E-state index contributed by atoms with van der Waals surface area (Å²) >= 11 is 0. The van der Waals surface area contributed by atoms with Crippen molar-refractivity contribution in [2.24, 2.45) is 39.9 Å². The van der Waals surface area contributed by atoms with Crippen molar-refractivity contribution in [3.05, 3.63) is 0 Å². The molecule has 0 aromatic rings. The SMILES string of the molecule is CCC(C)(C)C(=O)OC1C2CC3C1OC(=O)C3(C(=O)OC1C3CC4C1OC(=O)C4(C(=O)OC(C)C(F)(F)F)C3)C2. The minimum atomic E-state index is -4.79. The highest BCUT2D eigenvalue weighted by atomic mass is 19.4. The summed E-state index contributed by atoms with van der Waals surface area (Å²) in [6.45, 7) is 6.08. The first-order valence-corrected chi connectivity index (χ1v) is 13.7. The van der Waals surface area contributed by atoms with Crippen LogP contribution < -0.4 is 0 Å². The molecule has 2 aliphatic heterocycles. The molecular weight excluding hydrogens is 541 g/mol. The van der Waals surface area contributed by atoms with Crippen molar-refractivity contribution in [1.29, 1.82) is 0 Å². The number of fused-ring (bicyclic) bond motifs is 2. The van der Waals surface area contributed by atoms with E-state index in [2.05, 4.69) is 4.74 Å². The fourth-order valence-electron chi connectivity index (χ4n) is 7.85. The van der Waals surface area contributed by atoms with Crippen molar-refractivity contribution >= 4 is 29.8 Å². The van der Waals surface area contributed by atoms with E-state index >= 15 is 0 Å². The number of carbonyl (C=O) groups excluding carboxylic acids is 5. The molecule has 13 heteroatoms. The lowest BCUT2D eigenvalue weighted by molar-refractivity contribution is -0.222. The number of carbonyl (C=O) groups is 5. The molecule has 6 aliphatic rings. The Bertz CT molecular complexity index is 1200. The molecule has 0 aromatic heterocycles. The number of alkyl halides is 3. The average molecular weight is 573 g/mol. The van der Waals surface area contributed by atoms with Crippen LogP contribution in [0, 0.1) is 39.9 Å². The topological polar surface area (TPSA) is 132 Å². The molecule has 4 saturated carbocycles. The first-order chi connectivity index (χ1) is 18.6. The zero-order valence-corrected chi connectivity index (χ0v) is 22.4. The van der Waals surface area contributed by atoms with Crippen LogP contribution in [0.1, 0.15) is 59.8 Å². The van der Waals surface area contributed by atoms with Gasteiger partial charge >= 0.3 is 36.0 Å². The van der Waals surface area contributed by atoms with Gasteiger partial charge in [-0.2, -0.15) is 13.2 Å². The van der Waals surface area contributed by atoms with Crippen molar-refractivity contribution in [2.45, 2.75) is 96.5 Å². The Labute approximate surface area is 227 Å². The Hall–Kier alpha value is -2.86. The molecule has 4 aliphatic carbocycles. The Morgan fingerprint density at radius 2 is 1.38 bits per heavy atom. The Morgan fingerprint density at radius 3 is 1.85 bits per heavy atom. The van der Waals surface area contributed by atoms with E-state index < -0.39 is 101 Å². The molecule has 6 fully saturated rings. The second-order valence-corrected chi connectivity index (χ2v) is 12.9. The van der Waals surface area contributed by atoms with Crippen molar-refractivity contribution in [3.63, 3.8) is 0 Å². The minimum Gasteiger partial charge on any atom is -0.458 e. The van der Waals surface area contributed by atoms with Gasteiger partial charge in [0, 0.05) is 23.7 Å². The first-order valence-electron chi connectivity index (χ1n) is 13.7. The highest BCUT2D eigenvalue weighted by Gasteiger charge is 2.78. The van der Waals surface area contributed by atoms with Gasteiger partial charge in [-0.15, -0.1) is 0 Å². The van der Waals surface area contributed by atoms with Crippen molar-refractivity contribution in [2.75, 3.05) is 0 Å². The molecule has 4 bridgehead atoms. The summed E-state index contributed by atoms with van der Waals surface area (Å²) < 4.78 is 66.2. The van der Waals surface area contributed by atoms with E-state index in [9.17, 15) is 37.1 Å². The Morgan fingerprint density at radius 1 is 0.900 bits per heavy atom. The summed E-state index contributed by atoms with van der Waals surface area (Å²) in [5.41, 5.74) is -4.16. The van der Waals surface area contributed by atoms with Gasteiger partial charge in [0.15, 0.2) is 16.9 Å². The average Bonchev–Trinajstić information content (AvgIpc) is 3.66. The molecule has 0 spiro atoms. The molecule has 11 unspecified atom stereocenters. The van der Waals surface area contributed by atoms with Crippen molar-refractivity contribution in [1.82, 2.24) is 0 Å². The van der Waals surface area contributed by atoms with Gasteiger partial charge in [-0.1, -0.05) is 6.92 Å². The Balaban J connectivity index is 1.16. The molecule has 6 rings (SSSR count). The molecule has 2 saturated heterocycles. The third kappa shape index (κ3) is 3.38. The number of ether oxygens (including phenoxy) is 5. The van der Waals surface area contributed by atoms with E-state index in [4.69, 9.17) is 18.9 Å². The molecule has 0 radical (unpaired) electrons. The van der Waals surface area contributed by atoms with Crippen LogP contribution in [0.2, 0.25) is 0 Å². The predicted octanol–water partition coefficient (Wildman–Crippen LogP) is 2.64. The van der Waals surface area contributed by atoms with E-state index in [-0.39, 0.29) is 25.2 Å². The van der Waals surface area contributed by atoms with Gasteiger partial charge < -0.3 is 23.7 Å². The van der Waals surface area contributed by atoms with Crippen molar-refractivity contribution in [3.8, 4) is 0 Å². The fraction of sp³-hybridized carbons (Fsp3) is 0.815. The number of esters is 5. The molecule has 10 nitrogen and oxygen atoms in total. The highest BCUT2D eigenvalue weighted by Crippen LogP contribution is 2.66. The standard InChI is InChI=1S/C27H31F3O10/c1-5-24(3,4)19(31)37-15-11-6-14-17(15)39-23(35)26(14,9-11)21(33)38-16-12-7-13-18(16)40-22(34)25(13,8-12)20(32)36-10(2)27(28,29)30/h10-18H,5-9H2,1-4H3. The third-order valence-electron chi connectivity index (χ3n) is 10.5. The van der Waals surface area contributed by atoms with Crippen LogP contribution in [0.4, 0.5) is 13.2 Å². The van der Waals surface area contributed by atoms with E-state index in [0.29, 0.717) is 19.8 Å². The Kier molecular flexibility index (Phi) is 5.70. The van der Waals surface area contributed by atoms with Gasteiger partial charge in [0.2, 0.25) is 0 Å². The van der Waals surface area contributed by atoms with Crippen LogP contribution in [0.5, 0.6) is 0 Å². The maximum absolute atomic E-state index is 13.6. The fourth-order valence-corrected chi connectivity index (χ4v) is 7.85. The summed E-state index contributed by atoms with van der Waals surface area (Å²) in [4.78, 5) is 65.1. The van der Waals surface area contributed by atoms with Gasteiger partial charge in [-0.25, -0.2) is 0 Å². The van der Waals surface area contributed by atoms with Crippen LogP contribution in [0.25, 0.3) is 0 Å². The number of hydrogen-bond donors (Lipinski definition) is 0. The van der Waals surface area contributed by atoms with Gasteiger partial charge in [0.1, 0.15) is 24.4 Å². The van der Waals surface area contributed by atoms with Crippen molar-refractivity contribution < 1.29 is 60.8 Å². The number of hydrogen-bond acceptors (Lipinski definition) is 10. The van der Waals surface area contributed by atoms with Crippen LogP contribution in [-0.2, 0) is 47.7 Å². The van der Waals surface area contributed by atoms with E-state index in [0.717, 1.165) is 0 Å². The zero-order valence-electron chi connectivity index (χ0n) is 22.4. The largest absolute Gasteiger partial charge is 0.458 e. The van der Waals surface area contributed by atoms with E-state index in [1.54, 1.807) is 13.8 Å². The van der Waals surface area contributed by atoms with Gasteiger partial charge in [0.25, 0.3) is 0 Å². The molecule has 0 amide bonds. The number of halogens is 3. The molecule has 220 valence electrons. The lowest BCUT2D eigenvalue weighted by Gasteiger charge is -2.35.